The summed E-state index contributed by atoms with van der Waals surface area (Å²) in [5.41, 5.74) is 10.9. The molecule has 38 heavy (non-hydrogen) atoms. The molecule has 0 aliphatic rings. The Labute approximate surface area is 226 Å². The quantitative estimate of drug-likeness (QED) is 0.231. The number of hydrogen-bond acceptors (Lipinski definition) is 1. The maximum absolute atomic E-state index is 6.69. The number of benzene rings is 6. The first-order valence-corrected chi connectivity index (χ1v) is 13.1. The topological polar surface area (TPSA) is 13.1 Å². The van der Waals surface area contributed by atoms with Crippen LogP contribution in [0.15, 0.2) is 144 Å². The largest absolute Gasteiger partial charge is 0.455 e. The normalized spacial score (nSPS) is 11.3. The molecule has 0 aliphatic heterocycles. The lowest BCUT2D eigenvalue weighted by Gasteiger charge is -2.10. The van der Waals surface area contributed by atoms with Crippen LogP contribution in [0.25, 0.3) is 66.4 Å². The maximum Gasteiger partial charge on any atom is 0.143 e. The van der Waals surface area contributed by atoms with Gasteiger partial charge in [0.1, 0.15) is 11.2 Å². The van der Waals surface area contributed by atoms with E-state index < -0.39 is 0 Å². The van der Waals surface area contributed by atoms with Gasteiger partial charge in [0.15, 0.2) is 0 Å². The Hall–Kier alpha value is -4.59. The molecule has 0 saturated carbocycles. The molecule has 0 spiro atoms. The summed E-state index contributed by atoms with van der Waals surface area (Å²) in [6.45, 7) is 0. The maximum atomic E-state index is 6.69. The Morgan fingerprint density at radius 2 is 0.921 bits per heavy atom. The van der Waals surface area contributed by atoms with E-state index in [2.05, 4.69) is 109 Å². The van der Waals surface area contributed by atoms with Crippen LogP contribution in [-0.2, 0) is 0 Å². The number of halogens is 1. The summed E-state index contributed by atoms with van der Waals surface area (Å²) in [4.78, 5) is 0. The van der Waals surface area contributed by atoms with Crippen molar-refractivity contribution in [3.8, 4) is 44.5 Å². The summed E-state index contributed by atoms with van der Waals surface area (Å²) in [5, 5.41) is 2.68. The molecule has 2 heteroatoms. The molecule has 0 N–H and O–H groups in total. The molecule has 6 aromatic carbocycles. The summed E-state index contributed by atoms with van der Waals surface area (Å²) in [6, 6.07) is 48.6. The van der Waals surface area contributed by atoms with E-state index in [9.17, 15) is 0 Å². The Bertz CT molecular complexity index is 1880. The van der Waals surface area contributed by atoms with E-state index in [-0.39, 0.29) is 0 Å². The summed E-state index contributed by atoms with van der Waals surface area (Å²) < 4.78 is 6.42. The van der Waals surface area contributed by atoms with Crippen LogP contribution >= 0.6 is 11.6 Å². The molecule has 1 aromatic heterocycles. The third kappa shape index (κ3) is 3.98. The molecule has 1 nitrogen and oxygen atoms in total. The summed E-state index contributed by atoms with van der Waals surface area (Å²) in [5.74, 6) is 0. The van der Waals surface area contributed by atoms with Crippen molar-refractivity contribution in [1.29, 1.82) is 0 Å². The van der Waals surface area contributed by atoms with Crippen molar-refractivity contribution in [3.63, 3.8) is 0 Å². The lowest BCUT2D eigenvalue weighted by molar-refractivity contribution is 0.670. The van der Waals surface area contributed by atoms with Gasteiger partial charge >= 0.3 is 0 Å². The molecule has 7 aromatic rings. The van der Waals surface area contributed by atoms with Crippen molar-refractivity contribution >= 4 is 33.5 Å². The van der Waals surface area contributed by atoms with Gasteiger partial charge in [0.2, 0.25) is 0 Å². The van der Waals surface area contributed by atoms with Gasteiger partial charge in [0.25, 0.3) is 0 Å². The van der Waals surface area contributed by atoms with Gasteiger partial charge in [-0.05, 0) is 63.2 Å². The highest BCUT2D eigenvalue weighted by molar-refractivity contribution is 6.38. The molecule has 0 bridgehead atoms. The lowest BCUT2D eigenvalue weighted by Crippen LogP contribution is -1.85. The van der Waals surface area contributed by atoms with Crippen LogP contribution in [0.5, 0.6) is 0 Å². The average Bonchev–Trinajstić information content (AvgIpc) is 3.38. The fourth-order valence-electron chi connectivity index (χ4n) is 5.22. The molecule has 1 heterocycles. The van der Waals surface area contributed by atoms with Gasteiger partial charge in [-0.3, -0.25) is 0 Å². The van der Waals surface area contributed by atoms with Crippen LogP contribution in [0.2, 0.25) is 5.02 Å². The van der Waals surface area contributed by atoms with Gasteiger partial charge in [-0.15, -0.1) is 0 Å². The van der Waals surface area contributed by atoms with E-state index in [1.807, 2.05) is 30.3 Å². The van der Waals surface area contributed by atoms with Crippen molar-refractivity contribution in [2.45, 2.75) is 0 Å². The highest BCUT2D eigenvalue weighted by Crippen LogP contribution is 2.42. The van der Waals surface area contributed by atoms with Crippen LogP contribution < -0.4 is 0 Å². The molecular formula is C36H23ClO. The predicted octanol–water partition coefficient (Wildman–Crippen LogP) is 10.9. The Morgan fingerprint density at radius 1 is 0.421 bits per heavy atom. The molecule has 0 radical (unpaired) electrons. The van der Waals surface area contributed by atoms with E-state index in [0.717, 1.165) is 44.2 Å². The van der Waals surface area contributed by atoms with Gasteiger partial charge in [-0.25, -0.2) is 0 Å². The Morgan fingerprint density at radius 3 is 1.50 bits per heavy atom. The second-order valence-electron chi connectivity index (χ2n) is 9.50. The van der Waals surface area contributed by atoms with Crippen molar-refractivity contribution < 1.29 is 4.42 Å². The van der Waals surface area contributed by atoms with Crippen LogP contribution in [0, 0.1) is 0 Å². The summed E-state index contributed by atoms with van der Waals surface area (Å²) in [6.07, 6.45) is 0. The van der Waals surface area contributed by atoms with Crippen LogP contribution in [0.4, 0.5) is 0 Å². The van der Waals surface area contributed by atoms with Gasteiger partial charge in [0, 0.05) is 16.3 Å². The molecular weight excluding hydrogens is 484 g/mol. The highest BCUT2D eigenvalue weighted by atomic mass is 35.5. The van der Waals surface area contributed by atoms with Gasteiger partial charge in [-0.2, -0.15) is 0 Å². The third-order valence-corrected chi connectivity index (χ3v) is 7.49. The Kier molecular flexibility index (Phi) is 5.57. The molecule has 0 aliphatic carbocycles. The fourth-order valence-corrected chi connectivity index (χ4v) is 5.49. The Balaban J connectivity index is 1.40. The first kappa shape index (κ1) is 22.6. The standard InChI is InChI=1S/C36H23ClO/c37-33-12-7-13-34-35(33)32-23-30(28-16-14-26(15-17-28)24-8-3-1-4-9-24)22-31(36(32)38-34)29-20-18-27(19-21-29)25-10-5-2-6-11-25/h1-23H. The second-order valence-corrected chi connectivity index (χ2v) is 9.91. The highest BCUT2D eigenvalue weighted by Gasteiger charge is 2.17. The van der Waals surface area contributed by atoms with Gasteiger partial charge in [-0.1, -0.05) is 127 Å². The van der Waals surface area contributed by atoms with Crippen LogP contribution in [-0.4, -0.2) is 0 Å². The zero-order valence-corrected chi connectivity index (χ0v) is 21.3. The number of rotatable bonds is 4. The predicted molar refractivity (Wildman–Crippen MR) is 160 cm³/mol. The molecule has 180 valence electrons. The van der Waals surface area contributed by atoms with E-state index in [1.165, 1.54) is 22.3 Å². The van der Waals surface area contributed by atoms with Gasteiger partial charge < -0.3 is 4.42 Å². The molecule has 0 fully saturated rings. The van der Waals surface area contributed by atoms with Crippen molar-refractivity contribution in [3.05, 3.63) is 145 Å². The summed E-state index contributed by atoms with van der Waals surface area (Å²) in [7, 11) is 0. The minimum absolute atomic E-state index is 0.697. The molecule has 0 unspecified atom stereocenters. The smallest absolute Gasteiger partial charge is 0.143 e. The minimum Gasteiger partial charge on any atom is -0.455 e. The van der Waals surface area contributed by atoms with Crippen LogP contribution in [0.1, 0.15) is 0 Å². The van der Waals surface area contributed by atoms with Gasteiger partial charge in [0.05, 0.1) is 5.02 Å². The fraction of sp³-hybridized carbons (Fsp3) is 0. The van der Waals surface area contributed by atoms with Crippen molar-refractivity contribution in [2.75, 3.05) is 0 Å². The average molecular weight is 507 g/mol. The lowest BCUT2D eigenvalue weighted by atomic mass is 9.94. The monoisotopic (exact) mass is 506 g/mol. The molecule has 0 saturated heterocycles. The first-order valence-electron chi connectivity index (χ1n) is 12.7. The second kappa shape index (κ2) is 9.37. The van der Waals surface area contributed by atoms with Crippen molar-refractivity contribution in [2.24, 2.45) is 0 Å². The molecule has 0 amide bonds. The van der Waals surface area contributed by atoms with E-state index in [0.29, 0.717) is 5.02 Å². The minimum atomic E-state index is 0.697. The number of hydrogen-bond donors (Lipinski definition) is 0. The SMILES string of the molecule is Clc1cccc2oc3c(-c4ccc(-c5ccccc5)cc4)cc(-c4ccc(-c5ccccc5)cc4)cc3c12. The van der Waals surface area contributed by atoms with E-state index in [4.69, 9.17) is 16.0 Å². The molecule has 7 rings (SSSR count). The first-order chi connectivity index (χ1) is 18.7. The third-order valence-electron chi connectivity index (χ3n) is 7.17. The van der Waals surface area contributed by atoms with E-state index >= 15 is 0 Å². The van der Waals surface area contributed by atoms with Crippen molar-refractivity contribution in [1.82, 2.24) is 0 Å². The van der Waals surface area contributed by atoms with Crippen LogP contribution in [0.3, 0.4) is 0 Å². The number of furan rings is 1. The summed E-state index contributed by atoms with van der Waals surface area (Å²) >= 11 is 6.69. The molecule has 0 atom stereocenters. The zero-order valence-electron chi connectivity index (χ0n) is 20.6. The van der Waals surface area contributed by atoms with E-state index in [1.54, 1.807) is 0 Å². The number of fused-ring (bicyclic) bond motifs is 3. The zero-order chi connectivity index (χ0) is 25.5.